The number of nitrogens with one attached hydrogen (secondary N) is 1. The monoisotopic (exact) mass is 690 g/mol. The van der Waals surface area contributed by atoms with Gasteiger partial charge in [-0.15, -0.1) is 13.2 Å². The van der Waals surface area contributed by atoms with Crippen molar-refractivity contribution >= 4 is 27.7 Å². The lowest BCUT2D eigenvalue weighted by Gasteiger charge is -2.34. The number of aryl methyl sites for hydroxylation is 2. The molecule has 1 saturated heterocycles. The lowest BCUT2D eigenvalue weighted by molar-refractivity contribution is -0.137. The van der Waals surface area contributed by atoms with Crippen LogP contribution in [-0.2, 0) is 32.2 Å². The Hall–Kier alpha value is -4.01. The van der Waals surface area contributed by atoms with Crippen molar-refractivity contribution in [2.75, 3.05) is 52.3 Å². The summed E-state index contributed by atoms with van der Waals surface area (Å²) in [7, 11) is -2.03. The van der Waals surface area contributed by atoms with Gasteiger partial charge in [0.2, 0.25) is 10.0 Å². The van der Waals surface area contributed by atoms with Gasteiger partial charge in [-0.25, -0.2) is 12.7 Å². The van der Waals surface area contributed by atoms with Gasteiger partial charge in [0.15, 0.2) is 0 Å². The predicted molar refractivity (Wildman–Crippen MR) is 177 cm³/mol. The number of carbonyl (C=O) groups is 2. The zero-order valence-corrected chi connectivity index (χ0v) is 28.0. The number of ether oxygens (including phenoxy) is 2. The molecule has 0 saturated carbocycles. The van der Waals surface area contributed by atoms with E-state index in [0.717, 1.165) is 23.3 Å². The maximum atomic E-state index is 13.6. The van der Waals surface area contributed by atoms with E-state index in [9.17, 15) is 31.2 Å². The third kappa shape index (κ3) is 8.91. The summed E-state index contributed by atoms with van der Waals surface area (Å²) in [5.41, 5.74) is -0.115. The van der Waals surface area contributed by atoms with Gasteiger partial charge in [0.25, 0.3) is 11.8 Å². The molecule has 1 fully saturated rings. The second-order valence-electron chi connectivity index (χ2n) is 11.8. The Morgan fingerprint density at radius 1 is 1.12 bits per heavy atom. The molecule has 2 aliphatic heterocycles. The third-order valence-electron chi connectivity index (χ3n) is 8.39. The molecule has 4 rings (SSSR count). The smallest absolute Gasteiger partial charge is 0.416 e. The number of amidine groups is 1. The first-order chi connectivity index (χ1) is 22.7. The van der Waals surface area contributed by atoms with Gasteiger partial charge < -0.3 is 19.7 Å². The van der Waals surface area contributed by atoms with Crippen LogP contribution in [0.25, 0.3) is 0 Å². The largest absolute Gasteiger partial charge is 0.493 e. The van der Waals surface area contributed by atoms with E-state index in [1.807, 2.05) is 6.92 Å². The van der Waals surface area contributed by atoms with E-state index in [1.54, 1.807) is 42.3 Å². The van der Waals surface area contributed by atoms with Gasteiger partial charge in [-0.2, -0.15) is 13.2 Å². The van der Waals surface area contributed by atoms with Gasteiger partial charge in [0.1, 0.15) is 17.1 Å². The molecule has 0 aliphatic carbocycles. The molecule has 0 aromatic heterocycles. The zero-order valence-electron chi connectivity index (χ0n) is 27.1. The van der Waals surface area contributed by atoms with Crippen molar-refractivity contribution in [1.29, 1.82) is 0 Å². The topological polar surface area (TPSA) is 118 Å². The van der Waals surface area contributed by atoms with E-state index in [2.05, 4.69) is 23.5 Å². The molecule has 2 heterocycles. The van der Waals surface area contributed by atoms with Crippen molar-refractivity contribution in [3.63, 3.8) is 0 Å². The van der Waals surface area contributed by atoms with E-state index >= 15 is 0 Å². The predicted octanol–water partition coefficient (Wildman–Crippen LogP) is 4.53. The molecule has 10 nitrogen and oxygen atoms in total. The molecule has 14 heteroatoms. The molecule has 260 valence electrons. The number of sulfonamides is 1. The highest BCUT2D eigenvalue weighted by molar-refractivity contribution is 7.89. The minimum atomic E-state index is -4.65. The number of piperidine rings is 1. The van der Waals surface area contributed by atoms with Crippen LogP contribution >= 0.6 is 0 Å². The van der Waals surface area contributed by atoms with E-state index in [1.165, 1.54) is 10.4 Å². The summed E-state index contributed by atoms with van der Waals surface area (Å²) in [6.07, 6.45) is -0.623. The van der Waals surface area contributed by atoms with E-state index < -0.39 is 33.2 Å². The molecule has 2 aromatic carbocycles. The molecule has 1 spiro atoms. The number of rotatable bonds is 15. The van der Waals surface area contributed by atoms with Gasteiger partial charge >= 0.3 is 6.18 Å². The summed E-state index contributed by atoms with van der Waals surface area (Å²) in [6, 6.07) is 8.36. The second kappa shape index (κ2) is 15.5. The van der Waals surface area contributed by atoms with Gasteiger partial charge in [0.05, 0.1) is 31.1 Å². The Morgan fingerprint density at radius 2 is 1.85 bits per heavy atom. The quantitative estimate of drug-likeness (QED) is 0.217. The normalized spacial score (nSPS) is 16.4. The van der Waals surface area contributed by atoms with Crippen LogP contribution < -0.4 is 10.1 Å². The second-order valence-corrected chi connectivity index (χ2v) is 13.9. The van der Waals surface area contributed by atoms with E-state index in [-0.39, 0.29) is 67.8 Å². The maximum Gasteiger partial charge on any atom is 0.416 e. The number of halogens is 3. The maximum absolute atomic E-state index is 13.6. The van der Waals surface area contributed by atoms with Gasteiger partial charge in [-0.05, 0) is 74.1 Å². The van der Waals surface area contributed by atoms with Crippen molar-refractivity contribution in [2.45, 2.75) is 44.3 Å². The summed E-state index contributed by atoms with van der Waals surface area (Å²) < 4.78 is 79.7. The molecule has 2 amide bonds. The van der Waals surface area contributed by atoms with Crippen molar-refractivity contribution < 1.29 is 40.7 Å². The van der Waals surface area contributed by atoms with E-state index in [0.29, 0.717) is 31.7 Å². The zero-order chi connectivity index (χ0) is 35.1. The Bertz CT molecular complexity index is 1670. The average molecular weight is 691 g/mol. The number of hydrogen-bond donors (Lipinski definition) is 1. The molecule has 0 unspecified atom stereocenters. The van der Waals surface area contributed by atoms with Crippen molar-refractivity contribution in [2.24, 2.45) is 4.99 Å². The van der Waals surface area contributed by atoms with E-state index in [4.69, 9.17) is 9.47 Å². The summed E-state index contributed by atoms with van der Waals surface area (Å²) in [6.45, 7) is 10.4. The number of nitrogens with zero attached hydrogens (tertiary/aromatic N) is 3. The van der Waals surface area contributed by atoms with Crippen molar-refractivity contribution in [3.8, 4) is 5.75 Å². The first-order valence-corrected chi connectivity index (χ1v) is 17.2. The van der Waals surface area contributed by atoms with Gasteiger partial charge in [-0.1, -0.05) is 18.2 Å². The molecule has 0 atom stereocenters. The van der Waals surface area contributed by atoms with Crippen molar-refractivity contribution in [1.82, 2.24) is 14.5 Å². The summed E-state index contributed by atoms with van der Waals surface area (Å²) in [5, 5.41) is 2.61. The van der Waals surface area contributed by atoms with Crippen LogP contribution in [0.5, 0.6) is 5.75 Å². The van der Waals surface area contributed by atoms with Crippen LogP contribution in [0, 0.1) is 6.92 Å². The Kier molecular flexibility index (Phi) is 11.9. The lowest BCUT2D eigenvalue weighted by atomic mass is 9.89. The number of aliphatic imine (C=N–C) groups is 1. The van der Waals surface area contributed by atoms with Crippen LogP contribution in [0.3, 0.4) is 0 Å². The highest BCUT2D eigenvalue weighted by Gasteiger charge is 2.47. The lowest BCUT2D eigenvalue weighted by Crippen LogP contribution is -2.50. The van der Waals surface area contributed by atoms with Crippen LogP contribution in [0.1, 0.15) is 51.9 Å². The molecular formula is C34H41F3N4O6S. The standard InChI is InChI=1S/C34H41F3N4O6S/c1-5-7-17-47-29-22-27(21-28(23-29)34(35,36)37)30-38-32(43)33(39-30)11-13-41(14-12-33)48(44,45)19-10-25-8-9-26(20-24(25)3)31(42)40(4)15-18-46-16-6-2/h5-6,8-9,20-23H,1-2,7,10-19H2,3-4H3,(H,38,39,43). The fourth-order valence-electron chi connectivity index (χ4n) is 5.54. The molecule has 0 bridgehead atoms. The minimum Gasteiger partial charge on any atom is -0.493 e. The number of alkyl halides is 3. The summed E-state index contributed by atoms with van der Waals surface area (Å²) in [4.78, 5) is 32.0. The Balaban J connectivity index is 1.39. The fraction of sp³-hybridized carbons (Fsp3) is 0.441. The number of likely N-dealkylation sites (N-methyl/N-ethyl adjacent to an activating group) is 1. The summed E-state index contributed by atoms with van der Waals surface area (Å²) >= 11 is 0. The number of hydrogen-bond acceptors (Lipinski definition) is 7. The van der Waals surface area contributed by atoms with Gasteiger partial charge in [0, 0.05) is 37.8 Å². The number of amides is 2. The SMILES string of the molecule is C=CCCOc1cc(C2=NC3(CCN(S(=O)(=O)CCc4ccc(C(=O)N(C)CCOCC=C)cc4C)CC3)C(=O)N2)cc(C(F)(F)F)c1. The minimum absolute atomic E-state index is 0.0133. The molecule has 48 heavy (non-hydrogen) atoms. The van der Waals surface area contributed by atoms with Crippen molar-refractivity contribution in [3.05, 3.63) is 89.5 Å². The Morgan fingerprint density at radius 3 is 2.50 bits per heavy atom. The van der Waals surface area contributed by atoms with Crippen LogP contribution in [0.2, 0.25) is 0 Å². The molecule has 0 radical (unpaired) electrons. The highest BCUT2D eigenvalue weighted by atomic mass is 32.2. The number of benzene rings is 2. The average Bonchev–Trinajstić information content (AvgIpc) is 3.36. The molecular weight excluding hydrogens is 649 g/mol. The number of carbonyl (C=O) groups excluding carboxylic acids is 2. The van der Waals surface area contributed by atoms with Crippen LogP contribution in [-0.4, -0.2) is 93.1 Å². The van der Waals surface area contributed by atoms with Crippen LogP contribution in [0.15, 0.2) is 66.7 Å². The van der Waals surface area contributed by atoms with Crippen LogP contribution in [0.4, 0.5) is 13.2 Å². The highest BCUT2D eigenvalue weighted by Crippen LogP contribution is 2.36. The third-order valence-corrected chi connectivity index (χ3v) is 10.3. The molecule has 2 aliphatic rings. The first kappa shape index (κ1) is 36.8. The molecule has 2 aromatic rings. The molecule has 1 N–H and O–H groups in total. The fourth-order valence-corrected chi connectivity index (χ4v) is 7.01. The van der Waals surface area contributed by atoms with Gasteiger partial charge in [-0.3, -0.25) is 14.6 Å². The first-order valence-electron chi connectivity index (χ1n) is 15.6. The Labute approximate surface area is 279 Å². The summed E-state index contributed by atoms with van der Waals surface area (Å²) in [5.74, 6) is -0.862.